The molecule has 0 saturated carbocycles. The highest BCUT2D eigenvalue weighted by molar-refractivity contribution is 5.71. The third-order valence-electron chi connectivity index (χ3n) is 7.30. The van der Waals surface area contributed by atoms with Crippen LogP contribution >= 0.6 is 0 Å². The van der Waals surface area contributed by atoms with Crippen molar-refractivity contribution in [3.63, 3.8) is 0 Å². The maximum atomic E-state index is 13.3. The Bertz CT molecular complexity index is 1330. The summed E-state index contributed by atoms with van der Waals surface area (Å²) in [7, 11) is 0. The molecule has 1 unspecified atom stereocenters. The van der Waals surface area contributed by atoms with Gasteiger partial charge >= 0.3 is 12.2 Å². The largest absolute Gasteiger partial charge is 0.445 e. The summed E-state index contributed by atoms with van der Waals surface area (Å²) in [6.07, 6.45) is 0.469. The van der Waals surface area contributed by atoms with E-state index in [0.717, 1.165) is 28.2 Å². The van der Waals surface area contributed by atoms with E-state index in [4.69, 9.17) is 14.6 Å². The lowest BCUT2D eigenvalue weighted by Crippen LogP contribution is -2.47. The first-order valence-electron chi connectivity index (χ1n) is 13.8. The minimum absolute atomic E-state index is 0.200. The SMILES string of the molecule is CC(C)c1ccc(-n2nc3c4c2CCN(C(=O)OC(C)(C)C)C4CN(C(=O)OCc2ccccc2)CC3)cc1. The fourth-order valence-corrected chi connectivity index (χ4v) is 5.32. The van der Waals surface area contributed by atoms with E-state index in [1.165, 1.54) is 5.56 Å². The van der Waals surface area contributed by atoms with Crippen LogP contribution < -0.4 is 0 Å². The van der Waals surface area contributed by atoms with Gasteiger partial charge in [0.2, 0.25) is 0 Å². The predicted molar refractivity (Wildman–Crippen MR) is 149 cm³/mol. The van der Waals surface area contributed by atoms with Gasteiger partial charge in [-0.3, -0.25) is 4.90 Å². The standard InChI is InChI=1S/C31H38N4O4/c1-21(2)23-11-13-24(14-12-23)35-26-16-18-34(30(37)39-31(3,4)5)27-19-33(17-15-25(32-35)28(26)27)29(36)38-20-22-9-7-6-8-10-22/h6-14,21,27H,15-20H2,1-5H3. The van der Waals surface area contributed by atoms with Gasteiger partial charge in [-0.1, -0.05) is 56.3 Å². The number of benzene rings is 2. The molecule has 0 fully saturated rings. The average Bonchev–Trinajstić information content (AvgIpc) is 3.16. The van der Waals surface area contributed by atoms with Crippen molar-refractivity contribution < 1.29 is 19.1 Å². The molecule has 3 aromatic rings. The Hall–Kier alpha value is -3.81. The Balaban J connectivity index is 1.45. The van der Waals surface area contributed by atoms with E-state index >= 15 is 0 Å². The zero-order valence-corrected chi connectivity index (χ0v) is 23.5. The van der Waals surface area contributed by atoms with Crippen LogP contribution in [0.4, 0.5) is 9.59 Å². The van der Waals surface area contributed by atoms with Gasteiger partial charge in [0.1, 0.15) is 12.2 Å². The molecule has 8 heteroatoms. The number of ether oxygens (including phenoxy) is 2. The van der Waals surface area contributed by atoms with Crippen LogP contribution in [0.15, 0.2) is 54.6 Å². The summed E-state index contributed by atoms with van der Waals surface area (Å²) in [4.78, 5) is 30.0. The second kappa shape index (κ2) is 10.8. The molecule has 39 heavy (non-hydrogen) atoms. The second-order valence-electron chi connectivity index (χ2n) is 11.6. The van der Waals surface area contributed by atoms with Crippen molar-refractivity contribution >= 4 is 12.2 Å². The second-order valence-corrected chi connectivity index (χ2v) is 11.6. The van der Waals surface area contributed by atoms with Crippen molar-refractivity contribution in [3.05, 3.63) is 82.7 Å². The van der Waals surface area contributed by atoms with E-state index in [2.05, 4.69) is 38.1 Å². The normalized spacial score (nSPS) is 17.0. The van der Waals surface area contributed by atoms with E-state index in [-0.39, 0.29) is 18.7 Å². The molecule has 2 amide bonds. The van der Waals surface area contributed by atoms with Crippen molar-refractivity contribution in [3.8, 4) is 5.69 Å². The smallest absolute Gasteiger partial charge is 0.410 e. The van der Waals surface area contributed by atoms with E-state index in [1.807, 2.05) is 55.8 Å². The molecule has 0 spiro atoms. The molecule has 8 nitrogen and oxygen atoms in total. The van der Waals surface area contributed by atoms with Crippen LogP contribution in [0.25, 0.3) is 5.69 Å². The topological polar surface area (TPSA) is 76.9 Å². The fourth-order valence-electron chi connectivity index (χ4n) is 5.32. The highest BCUT2D eigenvalue weighted by atomic mass is 16.6. The molecule has 0 saturated heterocycles. The molecule has 1 aromatic heterocycles. The lowest BCUT2D eigenvalue weighted by atomic mass is 9.96. The summed E-state index contributed by atoms with van der Waals surface area (Å²) in [5, 5.41) is 5.03. The molecule has 2 aliphatic heterocycles. The molecule has 0 radical (unpaired) electrons. The maximum Gasteiger partial charge on any atom is 0.410 e. The first-order valence-corrected chi connectivity index (χ1v) is 13.8. The number of nitrogens with zero attached hydrogens (tertiary/aromatic N) is 4. The number of hydrogen-bond donors (Lipinski definition) is 0. The Morgan fingerprint density at radius 1 is 0.974 bits per heavy atom. The molecule has 206 valence electrons. The maximum absolute atomic E-state index is 13.3. The zero-order valence-electron chi connectivity index (χ0n) is 23.5. The molecule has 1 atom stereocenters. The molecule has 0 N–H and O–H groups in total. The van der Waals surface area contributed by atoms with Crippen molar-refractivity contribution in [2.24, 2.45) is 0 Å². The summed E-state index contributed by atoms with van der Waals surface area (Å²) < 4.78 is 13.5. The van der Waals surface area contributed by atoms with E-state index in [9.17, 15) is 9.59 Å². The number of carbonyl (C=O) groups is 2. The summed E-state index contributed by atoms with van der Waals surface area (Å²) in [5.74, 6) is 0.450. The van der Waals surface area contributed by atoms with Gasteiger partial charge < -0.3 is 14.4 Å². The summed E-state index contributed by atoms with van der Waals surface area (Å²) in [5.41, 5.74) is 5.62. The molecule has 5 rings (SSSR count). The zero-order chi connectivity index (χ0) is 27.7. The molecular formula is C31H38N4O4. The number of rotatable bonds is 4. The van der Waals surface area contributed by atoms with Gasteiger partial charge in [-0.05, 0) is 49.9 Å². The first-order chi connectivity index (χ1) is 18.6. The van der Waals surface area contributed by atoms with Crippen molar-refractivity contribution in [1.82, 2.24) is 19.6 Å². The monoisotopic (exact) mass is 530 g/mol. The summed E-state index contributed by atoms with van der Waals surface area (Å²) >= 11 is 0. The van der Waals surface area contributed by atoms with Crippen molar-refractivity contribution in [1.29, 1.82) is 0 Å². The lowest BCUT2D eigenvalue weighted by molar-refractivity contribution is 0.00941. The number of hydrogen-bond acceptors (Lipinski definition) is 5. The minimum atomic E-state index is -0.623. The van der Waals surface area contributed by atoms with Crippen LogP contribution in [0.5, 0.6) is 0 Å². The van der Waals surface area contributed by atoms with Crippen LogP contribution in [-0.2, 0) is 28.9 Å². The van der Waals surface area contributed by atoms with Gasteiger partial charge in [-0.15, -0.1) is 0 Å². The van der Waals surface area contributed by atoms with Gasteiger partial charge in [0.25, 0.3) is 0 Å². The van der Waals surface area contributed by atoms with Crippen LogP contribution in [0.2, 0.25) is 0 Å². The highest BCUT2D eigenvalue weighted by Crippen LogP contribution is 2.37. The van der Waals surface area contributed by atoms with E-state index < -0.39 is 11.7 Å². The average molecular weight is 531 g/mol. The predicted octanol–water partition coefficient (Wildman–Crippen LogP) is 6.02. The van der Waals surface area contributed by atoms with E-state index in [0.29, 0.717) is 38.4 Å². The van der Waals surface area contributed by atoms with Crippen LogP contribution in [0, 0.1) is 0 Å². The molecular weight excluding hydrogens is 492 g/mol. The summed E-state index contributed by atoms with van der Waals surface area (Å²) in [6.45, 7) is 11.4. The highest BCUT2D eigenvalue weighted by Gasteiger charge is 2.41. The molecule has 2 aromatic carbocycles. The van der Waals surface area contributed by atoms with Crippen LogP contribution in [0.3, 0.4) is 0 Å². The Morgan fingerprint density at radius 3 is 2.36 bits per heavy atom. The quantitative estimate of drug-likeness (QED) is 0.412. The molecule has 3 heterocycles. The van der Waals surface area contributed by atoms with Crippen LogP contribution in [0.1, 0.15) is 74.7 Å². The first kappa shape index (κ1) is 26.8. The van der Waals surface area contributed by atoms with Gasteiger partial charge in [0.15, 0.2) is 0 Å². The fraction of sp³-hybridized carbons (Fsp3) is 0.452. The minimum Gasteiger partial charge on any atom is -0.445 e. The van der Waals surface area contributed by atoms with E-state index in [1.54, 1.807) is 9.80 Å². The van der Waals surface area contributed by atoms with Crippen LogP contribution in [-0.4, -0.2) is 57.0 Å². The third-order valence-corrected chi connectivity index (χ3v) is 7.30. The van der Waals surface area contributed by atoms with Gasteiger partial charge in [-0.2, -0.15) is 5.10 Å². The van der Waals surface area contributed by atoms with Crippen molar-refractivity contribution in [2.75, 3.05) is 19.6 Å². The van der Waals surface area contributed by atoms with Crippen molar-refractivity contribution in [2.45, 2.75) is 71.6 Å². The number of amides is 2. The molecule has 2 aliphatic rings. The van der Waals surface area contributed by atoms with Gasteiger partial charge in [0.05, 0.1) is 23.1 Å². The number of aromatic nitrogens is 2. The Morgan fingerprint density at radius 2 is 1.69 bits per heavy atom. The van der Waals surface area contributed by atoms with Gasteiger partial charge in [-0.25, -0.2) is 14.3 Å². The van der Waals surface area contributed by atoms with Gasteiger partial charge in [0, 0.05) is 38.0 Å². The lowest BCUT2D eigenvalue weighted by Gasteiger charge is -2.38. The summed E-state index contributed by atoms with van der Waals surface area (Å²) in [6, 6.07) is 17.8. The molecule has 0 aliphatic carbocycles. The Kier molecular flexibility index (Phi) is 7.38. The number of carbonyl (C=O) groups excluding carboxylic acids is 2. The Labute approximate surface area is 230 Å². The molecule has 0 bridgehead atoms. The third kappa shape index (κ3) is 5.79.